The van der Waals surface area contributed by atoms with E-state index in [0.29, 0.717) is 5.56 Å². The van der Waals surface area contributed by atoms with E-state index in [-0.39, 0.29) is 28.1 Å². The van der Waals surface area contributed by atoms with Crippen molar-refractivity contribution in [3.8, 4) is 0 Å². The number of hydrogen-bond donors (Lipinski definition) is 2. The highest BCUT2D eigenvalue weighted by Crippen LogP contribution is 2.35. The minimum atomic E-state index is -3.57. The van der Waals surface area contributed by atoms with Gasteiger partial charge in [0.05, 0.1) is 23.1 Å². The fourth-order valence-corrected chi connectivity index (χ4v) is 4.30. The predicted octanol–water partition coefficient (Wildman–Crippen LogP) is 0.919. The molecule has 0 aromatic heterocycles. The summed E-state index contributed by atoms with van der Waals surface area (Å²) in [5, 5.41) is 0. The van der Waals surface area contributed by atoms with Gasteiger partial charge >= 0.3 is 0 Å². The van der Waals surface area contributed by atoms with Crippen LogP contribution in [0.3, 0.4) is 0 Å². The van der Waals surface area contributed by atoms with Gasteiger partial charge in [-0.05, 0) is 31.4 Å². The average molecular weight is 312 g/mol. The van der Waals surface area contributed by atoms with E-state index in [4.69, 9.17) is 22.7 Å². The van der Waals surface area contributed by atoms with Crippen LogP contribution in [0.2, 0.25) is 0 Å². The van der Waals surface area contributed by atoms with E-state index in [0.717, 1.165) is 19.3 Å². The number of nitrogens with one attached hydrogen (secondary N) is 1. The first-order valence-electron chi connectivity index (χ1n) is 6.53. The van der Waals surface area contributed by atoms with E-state index in [1.165, 1.54) is 12.1 Å². The van der Waals surface area contributed by atoms with Crippen molar-refractivity contribution < 1.29 is 13.2 Å². The molecule has 3 N–H and O–H groups in total. The van der Waals surface area contributed by atoms with Crippen LogP contribution in [0.25, 0.3) is 0 Å². The largest absolute Gasteiger partial charge is 0.389 e. The second-order valence-corrected chi connectivity index (χ2v) is 7.38. The molecular weight excluding hydrogens is 296 g/mol. The van der Waals surface area contributed by atoms with Crippen molar-refractivity contribution >= 4 is 27.2 Å². The molecule has 0 spiro atoms. The summed E-state index contributed by atoms with van der Waals surface area (Å²) < 4.78 is 33.2. The van der Waals surface area contributed by atoms with Gasteiger partial charge in [-0.1, -0.05) is 24.4 Å². The highest BCUT2D eigenvalue weighted by molar-refractivity contribution is 7.89. The lowest BCUT2D eigenvalue weighted by Gasteiger charge is -2.20. The van der Waals surface area contributed by atoms with Crippen molar-refractivity contribution in [2.24, 2.45) is 5.73 Å². The van der Waals surface area contributed by atoms with Crippen molar-refractivity contribution in [1.29, 1.82) is 0 Å². The number of benzene rings is 1. The Labute approximate surface area is 123 Å². The number of sulfonamides is 1. The second-order valence-electron chi connectivity index (χ2n) is 5.23. The predicted molar refractivity (Wildman–Crippen MR) is 79.0 cm³/mol. The Hall–Kier alpha value is -1.02. The molecule has 5 nitrogen and oxygen atoms in total. The number of nitrogens with two attached hydrogens (primary N) is 1. The fraction of sp³-hybridized carbons (Fsp3) is 0.462. The molecule has 2 saturated heterocycles. The fourth-order valence-electron chi connectivity index (χ4n) is 2.85. The summed E-state index contributed by atoms with van der Waals surface area (Å²) in [6, 6.07) is 6.24. The zero-order chi connectivity index (χ0) is 14.3. The van der Waals surface area contributed by atoms with Crippen LogP contribution in [0.5, 0.6) is 0 Å². The monoisotopic (exact) mass is 312 g/mol. The number of thiocarbonyl (C=S) groups is 1. The van der Waals surface area contributed by atoms with Gasteiger partial charge in [0.15, 0.2) is 0 Å². The number of rotatable bonds is 4. The SMILES string of the molecule is NC(=S)c1cccc(S(=O)(=O)NC2CC3CCC2O3)c1. The van der Waals surface area contributed by atoms with Gasteiger partial charge in [0.25, 0.3) is 0 Å². The highest BCUT2D eigenvalue weighted by atomic mass is 32.2. The molecule has 3 rings (SSSR count). The van der Waals surface area contributed by atoms with E-state index >= 15 is 0 Å². The topological polar surface area (TPSA) is 81.4 Å². The zero-order valence-corrected chi connectivity index (χ0v) is 12.4. The Balaban J connectivity index is 1.81. The molecule has 108 valence electrons. The van der Waals surface area contributed by atoms with Crippen molar-refractivity contribution in [2.45, 2.75) is 42.4 Å². The molecule has 0 radical (unpaired) electrons. The summed E-state index contributed by atoms with van der Waals surface area (Å²) >= 11 is 4.87. The first-order chi connectivity index (χ1) is 9.45. The van der Waals surface area contributed by atoms with Crippen LogP contribution in [0.15, 0.2) is 29.2 Å². The van der Waals surface area contributed by atoms with E-state index in [2.05, 4.69) is 4.72 Å². The zero-order valence-electron chi connectivity index (χ0n) is 10.8. The van der Waals surface area contributed by atoms with Gasteiger partial charge in [0.2, 0.25) is 10.0 Å². The molecule has 2 heterocycles. The van der Waals surface area contributed by atoms with Gasteiger partial charge in [-0.2, -0.15) is 0 Å². The average Bonchev–Trinajstić information content (AvgIpc) is 3.00. The third-order valence-corrected chi connectivity index (χ3v) is 5.56. The van der Waals surface area contributed by atoms with Crippen molar-refractivity contribution in [1.82, 2.24) is 4.72 Å². The normalized spacial score (nSPS) is 28.7. The van der Waals surface area contributed by atoms with Crippen LogP contribution in [0, 0.1) is 0 Å². The molecule has 0 saturated carbocycles. The van der Waals surface area contributed by atoms with Crippen LogP contribution >= 0.6 is 12.2 Å². The minimum Gasteiger partial charge on any atom is -0.389 e. The van der Waals surface area contributed by atoms with Crippen LogP contribution in [0.1, 0.15) is 24.8 Å². The maximum Gasteiger partial charge on any atom is 0.240 e. The molecule has 1 aromatic rings. The quantitative estimate of drug-likeness (QED) is 0.808. The smallest absolute Gasteiger partial charge is 0.240 e. The lowest BCUT2D eigenvalue weighted by Crippen LogP contribution is -2.41. The van der Waals surface area contributed by atoms with Crippen LogP contribution in [-0.4, -0.2) is 31.7 Å². The molecule has 0 amide bonds. The van der Waals surface area contributed by atoms with E-state index in [9.17, 15) is 8.42 Å². The van der Waals surface area contributed by atoms with Gasteiger partial charge in [0, 0.05) is 5.56 Å². The summed E-state index contributed by atoms with van der Waals surface area (Å²) in [6.45, 7) is 0. The van der Waals surface area contributed by atoms with Crippen LogP contribution in [0.4, 0.5) is 0 Å². The van der Waals surface area contributed by atoms with Gasteiger partial charge in [0.1, 0.15) is 4.99 Å². The molecule has 3 unspecified atom stereocenters. The highest BCUT2D eigenvalue weighted by Gasteiger charge is 2.42. The lowest BCUT2D eigenvalue weighted by molar-refractivity contribution is 0.0996. The number of fused-ring (bicyclic) bond motifs is 2. The maximum absolute atomic E-state index is 12.4. The molecule has 3 atom stereocenters. The molecular formula is C13H16N2O3S2. The minimum absolute atomic E-state index is 0.00791. The van der Waals surface area contributed by atoms with E-state index in [1.807, 2.05) is 0 Å². The van der Waals surface area contributed by atoms with E-state index < -0.39 is 10.0 Å². The third-order valence-electron chi connectivity index (χ3n) is 3.84. The lowest BCUT2D eigenvalue weighted by atomic mass is 9.96. The van der Waals surface area contributed by atoms with Gasteiger partial charge < -0.3 is 10.5 Å². The first kappa shape index (κ1) is 13.9. The molecule has 2 fully saturated rings. The van der Waals surface area contributed by atoms with Crippen molar-refractivity contribution in [3.63, 3.8) is 0 Å². The Morgan fingerprint density at radius 1 is 1.40 bits per heavy atom. The van der Waals surface area contributed by atoms with Gasteiger partial charge in [-0.25, -0.2) is 13.1 Å². The molecule has 1 aromatic carbocycles. The summed E-state index contributed by atoms with van der Waals surface area (Å²) in [5.41, 5.74) is 6.08. The number of ether oxygens (including phenoxy) is 1. The Bertz CT molecular complexity index is 645. The van der Waals surface area contributed by atoms with Gasteiger partial charge in [-0.15, -0.1) is 0 Å². The van der Waals surface area contributed by atoms with Crippen molar-refractivity contribution in [3.05, 3.63) is 29.8 Å². The van der Waals surface area contributed by atoms with E-state index in [1.54, 1.807) is 12.1 Å². The maximum atomic E-state index is 12.4. The van der Waals surface area contributed by atoms with Gasteiger partial charge in [-0.3, -0.25) is 0 Å². The standard InChI is InChI=1S/C13H16N2O3S2/c14-13(19)8-2-1-3-10(6-8)20(16,17)15-11-7-9-4-5-12(11)18-9/h1-3,6,9,11-12,15H,4-5,7H2,(H2,14,19). The molecule has 7 heteroatoms. The molecule has 2 aliphatic heterocycles. The Morgan fingerprint density at radius 3 is 2.80 bits per heavy atom. The summed E-state index contributed by atoms with van der Waals surface area (Å²) in [6.07, 6.45) is 2.91. The molecule has 2 aliphatic rings. The van der Waals surface area contributed by atoms with Crippen LogP contribution in [-0.2, 0) is 14.8 Å². The molecule has 0 aliphatic carbocycles. The first-order valence-corrected chi connectivity index (χ1v) is 8.42. The summed E-state index contributed by atoms with van der Waals surface area (Å²) in [5.74, 6) is 0. The number of hydrogen-bond acceptors (Lipinski definition) is 4. The van der Waals surface area contributed by atoms with Crippen LogP contribution < -0.4 is 10.5 Å². The summed E-state index contributed by atoms with van der Waals surface area (Å²) in [7, 11) is -3.57. The Morgan fingerprint density at radius 2 is 2.20 bits per heavy atom. The summed E-state index contributed by atoms with van der Waals surface area (Å²) in [4.78, 5) is 0.371. The third kappa shape index (κ3) is 2.58. The molecule has 20 heavy (non-hydrogen) atoms. The van der Waals surface area contributed by atoms with Crippen molar-refractivity contribution in [2.75, 3.05) is 0 Å². The second kappa shape index (κ2) is 5.07. The molecule has 2 bridgehead atoms. The Kier molecular flexibility index (Phi) is 3.53.